The largest absolute Gasteiger partial charge is 0.464 e. The number of halogens is 1. The smallest absolute Gasteiger partial charge is 0.407 e. The van der Waals surface area contributed by atoms with E-state index >= 15 is 0 Å². The number of nitrogens with zero attached hydrogens (tertiary/aromatic N) is 1. The van der Waals surface area contributed by atoms with Gasteiger partial charge in [0.1, 0.15) is 22.7 Å². The fourth-order valence-electron chi connectivity index (χ4n) is 5.07. The number of ether oxygens (including phenoxy) is 6. The van der Waals surface area contributed by atoms with Crippen LogP contribution in [0, 0.1) is 5.82 Å². The third-order valence-corrected chi connectivity index (χ3v) is 7.87. The number of hydrogen-bond acceptors (Lipinski definition) is 10. The first-order chi connectivity index (χ1) is 24.0. The van der Waals surface area contributed by atoms with Crippen molar-refractivity contribution in [1.82, 2.24) is 15.6 Å². The average molecular weight is 704 g/mol. The molecule has 1 aliphatic carbocycles. The summed E-state index contributed by atoms with van der Waals surface area (Å²) in [6.07, 6.45) is 2.62. The Balaban J connectivity index is 1.39. The minimum atomic E-state index is -1.30. The van der Waals surface area contributed by atoms with E-state index in [0.29, 0.717) is 71.6 Å². The fourth-order valence-corrected chi connectivity index (χ4v) is 5.07. The zero-order valence-electron chi connectivity index (χ0n) is 30.1. The summed E-state index contributed by atoms with van der Waals surface area (Å²) in [5.41, 5.74) is 1.12. The van der Waals surface area contributed by atoms with Crippen LogP contribution in [0.1, 0.15) is 93.5 Å². The SMILES string of the molecule is CCOC(=O)C(CC)(CCOCCOCCOCCOCCNC(=O)OC(C)(C)C)NC(=O)c1ccc(C2CC2)c(Cc2ccc(F)cc2)n1. The number of aromatic nitrogens is 1. The summed E-state index contributed by atoms with van der Waals surface area (Å²) in [7, 11) is 0. The van der Waals surface area contributed by atoms with Gasteiger partial charge in [-0.1, -0.05) is 25.1 Å². The molecule has 1 saturated carbocycles. The lowest BCUT2D eigenvalue weighted by Crippen LogP contribution is -2.55. The molecule has 2 amide bonds. The lowest BCUT2D eigenvalue weighted by molar-refractivity contribution is -0.152. The van der Waals surface area contributed by atoms with E-state index in [1.807, 2.05) is 13.0 Å². The third-order valence-electron chi connectivity index (χ3n) is 7.87. The monoisotopic (exact) mass is 703 g/mol. The lowest BCUT2D eigenvalue weighted by atomic mass is 9.91. The van der Waals surface area contributed by atoms with Crippen molar-refractivity contribution >= 4 is 18.0 Å². The highest BCUT2D eigenvalue weighted by Gasteiger charge is 2.40. The molecule has 0 aliphatic heterocycles. The molecule has 1 aromatic heterocycles. The van der Waals surface area contributed by atoms with E-state index in [0.717, 1.165) is 29.7 Å². The summed E-state index contributed by atoms with van der Waals surface area (Å²) in [6.45, 7) is 12.1. The summed E-state index contributed by atoms with van der Waals surface area (Å²) in [6, 6.07) is 9.90. The number of alkyl carbamates (subject to hydrolysis) is 1. The number of rotatable bonds is 23. The van der Waals surface area contributed by atoms with Crippen molar-refractivity contribution in [3.8, 4) is 0 Å². The van der Waals surface area contributed by atoms with E-state index in [4.69, 9.17) is 33.4 Å². The Morgan fingerprint density at radius 3 is 2.00 bits per heavy atom. The van der Waals surface area contributed by atoms with Gasteiger partial charge in [-0.3, -0.25) is 4.79 Å². The number of carbonyl (C=O) groups excluding carboxylic acids is 3. The van der Waals surface area contributed by atoms with Crippen molar-refractivity contribution in [2.45, 2.75) is 83.8 Å². The van der Waals surface area contributed by atoms with Crippen molar-refractivity contribution in [2.75, 3.05) is 66.0 Å². The van der Waals surface area contributed by atoms with Gasteiger partial charge in [-0.25, -0.2) is 19.0 Å². The number of carbonyl (C=O) groups is 3. The molecule has 2 aromatic rings. The Bertz CT molecular complexity index is 1350. The summed E-state index contributed by atoms with van der Waals surface area (Å²) in [5, 5.41) is 5.54. The Kier molecular flexibility index (Phi) is 17.0. The lowest BCUT2D eigenvalue weighted by Gasteiger charge is -2.31. The Labute approximate surface area is 295 Å². The molecule has 278 valence electrons. The quantitative estimate of drug-likeness (QED) is 0.118. The molecule has 1 atom stereocenters. The Morgan fingerprint density at radius 2 is 1.44 bits per heavy atom. The second-order valence-electron chi connectivity index (χ2n) is 13.0. The van der Waals surface area contributed by atoms with Crippen LogP contribution >= 0.6 is 0 Å². The van der Waals surface area contributed by atoms with Crippen molar-refractivity contribution < 1.29 is 47.2 Å². The first-order valence-corrected chi connectivity index (χ1v) is 17.5. The maximum absolute atomic E-state index is 13.6. The average Bonchev–Trinajstić information content (AvgIpc) is 3.92. The number of esters is 1. The zero-order chi connectivity index (χ0) is 36.4. The van der Waals surface area contributed by atoms with Gasteiger partial charge in [0, 0.05) is 31.7 Å². The Hall–Kier alpha value is -3.65. The van der Waals surface area contributed by atoms with Gasteiger partial charge in [0.25, 0.3) is 5.91 Å². The van der Waals surface area contributed by atoms with Crippen LogP contribution in [-0.2, 0) is 39.6 Å². The number of amides is 2. The summed E-state index contributed by atoms with van der Waals surface area (Å²) < 4.78 is 46.2. The molecule has 50 heavy (non-hydrogen) atoms. The highest BCUT2D eigenvalue weighted by atomic mass is 19.1. The first-order valence-electron chi connectivity index (χ1n) is 17.5. The molecule has 0 bridgehead atoms. The highest BCUT2D eigenvalue weighted by Crippen LogP contribution is 2.41. The van der Waals surface area contributed by atoms with Crippen LogP contribution < -0.4 is 10.6 Å². The number of benzene rings is 1. The van der Waals surface area contributed by atoms with Crippen LogP contribution in [0.3, 0.4) is 0 Å². The van der Waals surface area contributed by atoms with Crippen molar-refractivity contribution in [3.63, 3.8) is 0 Å². The zero-order valence-corrected chi connectivity index (χ0v) is 30.1. The molecule has 0 spiro atoms. The molecular formula is C37H54FN3O9. The first kappa shape index (κ1) is 40.8. The van der Waals surface area contributed by atoms with Crippen molar-refractivity contribution in [3.05, 3.63) is 64.7 Å². The van der Waals surface area contributed by atoms with Gasteiger partial charge in [-0.05, 0) is 82.2 Å². The topological polar surface area (TPSA) is 144 Å². The number of hydrogen-bond donors (Lipinski definition) is 2. The predicted octanol–water partition coefficient (Wildman–Crippen LogP) is 5.11. The molecular weight excluding hydrogens is 649 g/mol. The van der Waals surface area contributed by atoms with Crippen LogP contribution in [0.25, 0.3) is 0 Å². The van der Waals surface area contributed by atoms with E-state index in [9.17, 15) is 18.8 Å². The molecule has 0 saturated heterocycles. The molecule has 1 aromatic carbocycles. The second kappa shape index (κ2) is 20.9. The van der Waals surface area contributed by atoms with E-state index in [-0.39, 0.29) is 31.1 Å². The molecule has 1 heterocycles. The van der Waals surface area contributed by atoms with E-state index in [1.54, 1.807) is 45.9 Å². The Morgan fingerprint density at radius 1 is 0.840 bits per heavy atom. The number of nitrogens with one attached hydrogen (secondary N) is 2. The summed E-state index contributed by atoms with van der Waals surface area (Å²) in [5.74, 6) is -0.910. The minimum absolute atomic E-state index is 0.167. The van der Waals surface area contributed by atoms with E-state index in [1.165, 1.54) is 12.1 Å². The van der Waals surface area contributed by atoms with Gasteiger partial charge < -0.3 is 39.1 Å². The van der Waals surface area contributed by atoms with Gasteiger partial charge in [-0.2, -0.15) is 0 Å². The molecule has 13 heteroatoms. The fraction of sp³-hybridized carbons (Fsp3) is 0.622. The minimum Gasteiger partial charge on any atom is -0.464 e. The summed E-state index contributed by atoms with van der Waals surface area (Å²) in [4.78, 5) is 43.0. The molecule has 1 unspecified atom stereocenters. The van der Waals surface area contributed by atoms with Gasteiger partial charge in [0.15, 0.2) is 0 Å². The normalized spacial score (nSPS) is 14.1. The molecule has 0 radical (unpaired) electrons. The van der Waals surface area contributed by atoms with Crippen molar-refractivity contribution in [2.24, 2.45) is 0 Å². The summed E-state index contributed by atoms with van der Waals surface area (Å²) >= 11 is 0. The van der Waals surface area contributed by atoms with Gasteiger partial charge >= 0.3 is 12.1 Å². The standard InChI is InChI=1S/C37H54FN3O9/c1-6-37(34(43)49-7-2,16-18-45-20-22-47-24-25-48-23-21-46-19-17-39-35(44)50-36(3,4)5)41-33(42)31-15-14-30(28-10-11-28)32(40-31)26-27-8-12-29(38)13-9-27/h8-9,12-15,28H,6-7,10-11,16-26H2,1-5H3,(H,39,44)(H,41,42). The van der Waals surface area contributed by atoms with Gasteiger partial charge in [0.2, 0.25) is 0 Å². The van der Waals surface area contributed by atoms with Crippen LogP contribution in [0.4, 0.5) is 9.18 Å². The van der Waals surface area contributed by atoms with Crippen LogP contribution in [-0.4, -0.2) is 100 Å². The molecule has 3 rings (SSSR count). The molecule has 1 aliphatic rings. The highest BCUT2D eigenvalue weighted by molar-refractivity contribution is 5.97. The third kappa shape index (κ3) is 14.7. The number of pyridine rings is 1. The van der Waals surface area contributed by atoms with E-state index in [2.05, 4.69) is 10.6 Å². The van der Waals surface area contributed by atoms with Crippen LogP contribution in [0.15, 0.2) is 36.4 Å². The molecule has 2 N–H and O–H groups in total. The molecule has 12 nitrogen and oxygen atoms in total. The van der Waals surface area contributed by atoms with Crippen LogP contribution in [0.2, 0.25) is 0 Å². The van der Waals surface area contributed by atoms with Gasteiger partial charge in [-0.15, -0.1) is 0 Å². The van der Waals surface area contributed by atoms with Gasteiger partial charge in [0.05, 0.1) is 52.9 Å². The van der Waals surface area contributed by atoms with E-state index < -0.39 is 29.1 Å². The van der Waals surface area contributed by atoms with Crippen LogP contribution in [0.5, 0.6) is 0 Å². The second-order valence-corrected chi connectivity index (χ2v) is 13.0. The molecule has 1 fully saturated rings. The maximum atomic E-state index is 13.6. The predicted molar refractivity (Wildman–Crippen MR) is 185 cm³/mol. The maximum Gasteiger partial charge on any atom is 0.407 e. The van der Waals surface area contributed by atoms with Crippen molar-refractivity contribution in [1.29, 1.82) is 0 Å².